The van der Waals surface area contributed by atoms with Gasteiger partial charge in [-0.15, -0.1) is 0 Å². The average molecular weight is 374 g/mol. The monoisotopic (exact) mass is 374 g/mol. The van der Waals surface area contributed by atoms with Crippen LogP contribution in [0.3, 0.4) is 0 Å². The van der Waals surface area contributed by atoms with Crippen molar-refractivity contribution in [3.8, 4) is 0 Å². The molecular weight excluding hydrogens is 352 g/mol. The van der Waals surface area contributed by atoms with E-state index in [1.807, 2.05) is 26.0 Å². The molecule has 1 heterocycles. The van der Waals surface area contributed by atoms with E-state index in [4.69, 9.17) is 0 Å². The van der Waals surface area contributed by atoms with E-state index in [9.17, 15) is 9.59 Å². The molecule has 0 saturated heterocycles. The van der Waals surface area contributed by atoms with Crippen molar-refractivity contribution in [1.82, 2.24) is 9.97 Å². The molecule has 1 aromatic heterocycles. The average Bonchev–Trinajstić information content (AvgIpc) is 2.64. The molecule has 0 unspecified atom stereocenters. The van der Waals surface area contributed by atoms with E-state index < -0.39 is 0 Å². The molecule has 0 aliphatic heterocycles. The topological polar surface area (TPSA) is 84.0 Å². The van der Waals surface area contributed by atoms with Gasteiger partial charge in [-0.05, 0) is 63.6 Å². The Morgan fingerprint density at radius 3 is 2.25 bits per heavy atom. The van der Waals surface area contributed by atoms with Crippen LogP contribution in [0.15, 0.2) is 48.5 Å². The van der Waals surface area contributed by atoms with Gasteiger partial charge < -0.3 is 10.6 Å². The summed E-state index contributed by atoms with van der Waals surface area (Å²) in [6, 6.07) is 14.4. The third-order valence-corrected chi connectivity index (χ3v) is 4.26. The van der Waals surface area contributed by atoms with Crippen molar-refractivity contribution < 1.29 is 9.59 Å². The number of nitrogens with one attached hydrogen (secondary N) is 2. The molecule has 3 rings (SSSR count). The number of hydrogen-bond acceptors (Lipinski definition) is 5. The quantitative estimate of drug-likeness (QED) is 0.638. The summed E-state index contributed by atoms with van der Waals surface area (Å²) in [7, 11) is 0. The smallest absolute Gasteiger partial charge is 0.274 e. The molecule has 142 valence electrons. The summed E-state index contributed by atoms with van der Waals surface area (Å²) in [5.41, 5.74) is 4.64. The third kappa shape index (κ3) is 4.59. The summed E-state index contributed by atoms with van der Waals surface area (Å²) in [6.45, 7) is 7.30. The Morgan fingerprint density at radius 2 is 1.61 bits per heavy atom. The van der Waals surface area contributed by atoms with Gasteiger partial charge in [-0.2, -0.15) is 0 Å². The van der Waals surface area contributed by atoms with E-state index in [0.717, 1.165) is 11.3 Å². The fourth-order valence-corrected chi connectivity index (χ4v) is 2.82. The van der Waals surface area contributed by atoms with Gasteiger partial charge in [-0.1, -0.05) is 17.7 Å². The van der Waals surface area contributed by atoms with Gasteiger partial charge in [0.15, 0.2) is 5.78 Å². The number of aromatic nitrogens is 2. The van der Waals surface area contributed by atoms with Gasteiger partial charge in [0, 0.05) is 23.0 Å². The van der Waals surface area contributed by atoms with E-state index in [1.54, 1.807) is 37.3 Å². The largest absolute Gasteiger partial charge is 0.340 e. The molecule has 0 saturated carbocycles. The van der Waals surface area contributed by atoms with Gasteiger partial charge in [0.1, 0.15) is 17.3 Å². The molecule has 0 spiro atoms. The van der Waals surface area contributed by atoms with Crippen LogP contribution >= 0.6 is 0 Å². The number of hydrogen-bond donors (Lipinski definition) is 2. The Kier molecular flexibility index (Phi) is 5.49. The second-order valence-electron chi connectivity index (χ2n) is 6.72. The van der Waals surface area contributed by atoms with Crippen LogP contribution < -0.4 is 10.6 Å². The molecule has 0 atom stereocenters. The van der Waals surface area contributed by atoms with E-state index in [-0.39, 0.29) is 17.4 Å². The van der Waals surface area contributed by atoms with Crippen molar-refractivity contribution in [2.24, 2.45) is 0 Å². The van der Waals surface area contributed by atoms with E-state index in [1.165, 1.54) is 12.5 Å². The lowest BCUT2D eigenvalue weighted by molar-refractivity contribution is 0.101. The number of amides is 1. The molecular formula is C22H22N4O2. The fourth-order valence-electron chi connectivity index (χ4n) is 2.82. The van der Waals surface area contributed by atoms with Crippen LogP contribution in [0, 0.1) is 20.8 Å². The molecule has 3 aromatic rings. The van der Waals surface area contributed by atoms with Crippen molar-refractivity contribution in [1.29, 1.82) is 0 Å². The van der Waals surface area contributed by atoms with Gasteiger partial charge in [0.05, 0.1) is 0 Å². The van der Waals surface area contributed by atoms with Gasteiger partial charge >= 0.3 is 0 Å². The van der Waals surface area contributed by atoms with Crippen LogP contribution in [0.5, 0.6) is 0 Å². The highest BCUT2D eigenvalue weighted by molar-refractivity contribution is 6.03. The number of nitrogens with zero attached hydrogens (tertiary/aromatic N) is 2. The maximum absolute atomic E-state index is 12.6. The number of aryl methyl sites for hydroxylation is 3. The van der Waals surface area contributed by atoms with Gasteiger partial charge in [0.25, 0.3) is 5.91 Å². The zero-order chi connectivity index (χ0) is 20.3. The molecule has 2 N–H and O–H groups in total. The predicted octanol–water partition coefficient (Wildman–Crippen LogP) is 4.60. The molecule has 0 aliphatic carbocycles. The Balaban J connectivity index is 1.80. The second-order valence-corrected chi connectivity index (χ2v) is 6.72. The standard InChI is InChI=1S/C22H22N4O2/c1-13-5-10-19(14(2)11-13)26-21-12-20(23-16(4)24-21)22(28)25-18-8-6-17(7-9-18)15(3)27/h5-12H,1-4H3,(H,25,28)(H,23,24,26). The molecule has 1 amide bonds. The number of carbonyl (C=O) groups is 2. The number of Topliss-reactive ketones (excluding diaryl/α,β-unsaturated/α-hetero) is 1. The highest BCUT2D eigenvalue weighted by atomic mass is 16.2. The fraction of sp³-hybridized carbons (Fsp3) is 0.182. The van der Waals surface area contributed by atoms with E-state index in [0.29, 0.717) is 22.9 Å². The van der Waals surface area contributed by atoms with E-state index >= 15 is 0 Å². The van der Waals surface area contributed by atoms with Crippen LogP contribution in [0.1, 0.15) is 44.7 Å². The number of rotatable bonds is 5. The predicted molar refractivity (Wildman–Crippen MR) is 110 cm³/mol. The SMILES string of the molecule is CC(=O)c1ccc(NC(=O)c2cc(Nc3ccc(C)cc3C)nc(C)n2)cc1. The summed E-state index contributed by atoms with van der Waals surface area (Å²) < 4.78 is 0. The number of carbonyl (C=O) groups excluding carboxylic acids is 2. The normalized spacial score (nSPS) is 10.4. The molecule has 6 heteroatoms. The summed E-state index contributed by atoms with van der Waals surface area (Å²) in [6.07, 6.45) is 0. The summed E-state index contributed by atoms with van der Waals surface area (Å²) in [4.78, 5) is 32.6. The minimum atomic E-state index is -0.343. The first-order chi connectivity index (χ1) is 13.3. The lowest BCUT2D eigenvalue weighted by Gasteiger charge is -2.11. The highest BCUT2D eigenvalue weighted by Gasteiger charge is 2.12. The zero-order valence-electron chi connectivity index (χ0n) is 16.3. The number of benzene rings is 2. The molecule has 2 aromatic carbocycles. The molecule has 0 aliphatic rings. The van der Waals surface area contributed by atoms with E-state index in [2.05, 4.69) is 26.7 Å². The number of anilines is 3. The Bertz CT molecular complexity index is 1040. The zero-order valence-corrected chi connectivity index (χ0v) is 16.3. The summed E-state index contributed by atoms with van der Waals surface area (Å²) in [5, 5.41) is 6.04. The minimum Gasteiger partial charge on any atom is -0.340 e. The first-order valence-corrected chi connectivity index (χ1v) is 8.94. The third-order valence-electron chi connectivity index (χ3n) is 4.26. The van der Waals surface area contributed by atoms with Crippen molar-refractivity contribution in [3.05, 3.63) is 76.7 Å². The lowest BCUT2D eigenvalue weighted by Crippen LogP contribution is -2.15. The second kappa shape index (κ2) is 8.00. The molecule has 28 heavy (non-hydrogen) atoms. The molecule has 0 radical (unpaired) electrons. The summed E-state index contributed by atoms with van der Waals surface area (Å²) >= 11 is 0. The van der Waals surface area contributed by atoms with Crippen molar-refractivity contribution in [3.63, 3.8) is 0 Å². The Morgan fingerprint density at radius 1 is 0.893 bits per heavy atom. The first kappa shape index (κ1) is 19.2. The first-order valence-electron chi connectivity index (χ1n) is 8.94. The Labute approximate surface area is 164 Å². The van der Waals surface area contributed by atoms with Crippen LogP contribution in [-0.4, -0.2) is 21.7 Å². The van der Waals surface area contributed by atoms with Crippen molar-refractivity contribution in [2.45, 2.75) is 27.7 Å². The minimum absolute atomic E-state index is 0.0218. The van der Waals surface area contributed by atoms with Crippen LogP contribution in [0.4, 0.5) is 17.2 Å². The van der Waals surface area contributed by atoms with Crippen molar-refractivity contribution in [2.75, 3.05) is 10.6 Å². The van der Waals surface area contributed by atoms with Gasteiger partial charge in [-0.3, -0.25) is 9.59 Å². The van der Waals surface area contributed by atoms with Crippen LogP contribution in [-0.2, 0) is 0 Å². The number of ketones is 1. The summed E-state index contributed by atoms with van der Waals surface area (Å²) in [5.74, 6) is 0.680. The Hall–Kier alpha value is -3.54. The maximum atomic E-state index is 12.6. The van der Waals surface area contributed by atoms with Gasteiger partial charge in [-0.25, -0.2) is 9.97 Å². The highest BCUT2D eigenvalue weighted by Crippen LogP contribution is 2.21. The molecule has 0 fully saturated rings. The molecule has 6 nitrogen and oxygen atoms in total. The lowest BCUT2D eigenvalue weighted by atomic mass is 10.1. The molecule has 0 bridgehead atoms. The maximum Gasteiger partial charge on any atom is 0.274 e. The van der Waals surface area contributed by atoms with Crippen LogP contribution in [0.25, 0.3) is 0 Å². The van der Waals surface area contributed by atoms with Crippen LogP contribution in [0.2, 0.25) is 0 Å². The van der Waals surface area contributed by atoms with Gasteiger partial charge in [0.2, 0.25) is 0 Å². The van der Waals surface area contributed by atoms with Crippen molar-refractivity contribution >= 4 is 28.9 Å².